The Hall–Kier alpha value is -2.45. The average Bonchev–Trinajstić information content (AvgIpc) is 3.43. The van der Waals surface area contributed by atoms with E-state index < -0.39 is 17.4 Å². The highest BCUT2D eigenvalue weighted by Crippen LogP contribution is 2.46. The van der Waals surface area contributed by atoms with Crippen molar-refractivity contribution in [3.63, 3.8) is 0 Å². The van der Waals surface area contributed by atoms with Gasteiger partial charge in [0.1, 0.15) is 18.1 Å². The molecule has 4 rings (SSSR count). The largest absolute Gasteiger partial charge is 0.450 e. The quantitative estimate of drug-likeness (QED) is 0.308. The van der Waals surface area contributed by atoms with Crippen LogP contribution in [0.5, 0.6) is 11.5 Å². The number of anilines is 1. The van der Waals surface area contributed by atoms with Crippen LogP contribution in [0.15, 0.2) is 30.6 Å². The third kappa shape index (κ3) is 4.28. The molecule has 2 heterocycles. The zero-order chi connectivity index (χ0) is 20.5. The van der Waals surface area contributed by atoms with Crippen molar-refractivity contribution in [3.05, 3.63) is 47.8 Å². The van der Waals surface area contributed by atoms with Gasteiger partial charge in [-0.05, 0) is 36.4 Å². The average molecular weight is 417 g/mol. The number of halogens is 2. The normalized spacial score (nSPS) is 14.1. The second-order valence-electron chi connectivity index (χ2n) is 7.75. The SMILES string of the molecule is C[Si](C)CCOCn1cc(C2CC2)c2c(Oc3c(F)cc(N)cc3F)ccnc21. The molecular formula is C21H24F2N3O2Si. The van der Waals surface area contributed by atoms with Gasteiger partial charge in [0.2, 0.25) is 0 Å². The number of benzene rings is 1. The van der Waals surface area contributed by atoms with Crippen molar-refractivity contribution < 1.29 is 18.3 Å². The smallest absolute Gasteiger partial charge is 0.198 e. The maximum absolute atomic E-state index is 14.3. The highest BCUT2D eigenvalue weighted by molar-refractivity contribution is 6.55. The molecule has 1 fully saturated rings. The monoisotopic (exact) mass is 416 g/mol. The molecule has 5 nitrogen and oxygen atoms in total. The van der Waals surface area contributed by atoms with Crippen LogP contribution >= 0.6 is 0 Å². The Kier molecular flexibility index (Phi) is 5.56. The first-order chi connectivity index (χ1) is 13.9. The minimum absolute atomic E-state index is 0.0119. The third-order valence-corrected chi connectivity index (χ3v) is 6.18. The Morgan fingerprint density at radius 1 is 1.24 bits per heavy atom. The molecule has 1 radical (unpaired) electrons. The van der Waals surface area contributed by atoms with Gasteiger partial charge in [-0.3, -0.25) is 0 Å². The van der Waals surface area contributed by atoms with Crippen molar-refractivity contribution in [3.8, 4) is 11.5 Å². The molecule has 1 aromatic carbocycles. The van der Waals surface area contributed by atoms with E-state index in [0.29, 0.717) is 30.7 Å². The lowest BCUT2D eigenvalue weighted by molar-refractivity contribution is 0.0901. The zero-order valence-corrected chi connectivity index (χ0v) is 17.5. The predicted octanol–water partition coefficient (Wildman–Crippen LogP) is 5.29. The highest BCUT2D eigenvalue weighted by atomic mass is 28.3. The van der Waals surface area contributed by atoms with Crippen LogP contribution in [0.4, 0.5) is 14.5 Å². The van der Waals surface area contributed by atoms with Crippen LogP contribution in [0, 0.1) is 11.6 Å². The molecule has 2 aromatic heterocycles. The van der Waals surface area contributed by atoms with Gasteiger partial charge in [0.15, 0.2) is 17.4 Å². The van der Waals surface area contributed by atoms with Crippen LogP contribution in [-0.2, 0) is 11.5 Å². The van der Waals surface area contributed by atoms with E-state index in [-0.39, 0.29) is 14.5 Å². The molecule has 153 valence electrons. The van der Waals surface area contributed by atoms with Crippen LogP contribution in [0.25, 0.3) is 11.0 Å². The van der Waals surface area contributed by atoms with E-state index in [2.05, 4.69) is 18.1 Å². The summed E-state index contributed by atoms with van der Waals surface area (Å²) in [5.41, 5.74) is 7.29. The van der Waals surface area contributed by atoms with E-state index in [4.69, 9.17) is 15.2 Å². The van der Waals surface area contributed by atoms with Gasteiger partial charge in [0.25, 0.3) is 0 Å². The Labute approximate surface area is 170 Å². The highest BCUT2D eigenvalue weighted by Gasteiger charge is 2.30. The molecule has 0 saturated heterocycles. The summed E-state index contributed by atoms with van der Waals surface area (Å²) < 4.78 is 42.0. The molecule has 8 heteroatoms. The van der Waals surface area contributed by atoms with Gasteiger partial charge in [-0.25, -0.2) is 13.8 Å². The van der Waals surface area contributed by atoms with Gasteiger partial charge in [0, 0.05) is 45.6 Å². The maximum atomic E-state index is 14.3. The maximum Gasteiger partial charge on any atom is 0.198 e. The third-order valence-electron chi connectivity index (χ3n) is 4.97. The van der Waals surface area contributed by atoms with Crippen molar-refractivity contribution in [1.82, 2.24) is 9.55 Å². The molecule has 0 aliphatic heterocycles. The lowest BCUT2D eigenvalue weighted by Crippen LogP contribution is -2.08. The molecule has 0 amide bonds. The number of hydrogen-bond acceptors (Lipinski definition) is 4. The molecule has 1 aliphatic carbocycles. The van der Waals surface area contributed by atoms with E-state index in [1.54, 1.807) is 12.3 Å². The topological polar surface area (TPSA) is 62.3 Å². The number of nitrogen functional groups attached to an aromatic ring is 1. The van der Waals surface area contributed by atoms with Crippen LogP contribution in [0.2, 0.25) is 19.1 Å². The fourth-order valence-corrected chi connectivity index (χ4v) is 3.88. The molecule has 3 aromatic rings. The molecule has 0 unspecified atom stereocenters. The van der Waals surface area contributed by atoms with E-state index in [1.165, 1.54) is 0 Å². The molecule has 0 bridgehead atoms. The van der Waals surface area contributed by atoms with Gasteiger partial charge >= 0.3 is 0 Å². The molecular weight excluding hydrogens is 392 g/mol. The number of nitrogens with two attached hydrogens (primary N) is 1. The van der Waals surface area contributed by atoms with Crippen LogP contribution in [0.3, 0.4) is 0 Å². The summed E-state index contributed by atoms with van der Waals surface area (Å²) in [6.45, 7) is 5.60. The fourth-order valence-electron chi connectivity index (χ4n) is 3.33. The number of ether oxygens (including phenoxy) is 2. The minimum atomic E-state index is -0.833. The van der Waals surface area contributed by atoms with Gasteiger partial charge in [-0.2, -0.15) is 0 Å². The summed E-state index contributed by atoms with van der Waals surface area (Å²) >= 11 is 0. The Morgan fingerprint density at radius 3 is 2.62 bits per heavy atom. The number of nitrogens with zero attached hydrogens (tertiary/aromatic N) is 2. The van der Waals surface area contributed by atoms with Crippen LogP contribution < -0.4 is 10.5 Å². The van der Waals surface area contributed by atoms with Gasteiger partial charge in [0.05, 0.1) is 5.39 Å². The number of pyridine rings is 1. The number of fused-ring (bicyclic) bond motifs is 1. The van der Waals surface area contributed by atoms with Crippen LogP contribution in [-0.4, -0.2) is 25.0 Å². The van der Waals surface area contributed by atoms with Gasteiger partial charge < -0.3 is 19.8 Å². The predicted molar refractivity (Wildman–Crippen MR) is 111 cm³/mol. The number of hydrogen-bond donors (Lipinski definition) is 1. The molecule has 29 heavy (non-hydrogen) atoms. The van der Waals surface area contributed by atoms with Crippen molar-refractivity contribution in [1.29, 1.82) is 0 Å². The van der Waals surface area contributed by atoms with Crippen LogP contribution in [0.1, 0.15) is 24.3 Å². The summed E-state index contributed by atoms with van der Waals surface area (Å²) in [4.78, 5) is 4.49. The first kappa shape index (κ1) is 19.8. The Morgan fingerprint density at radius 2 is 1.97 bits per heavy atom. The Balaban J connectivity index is 1.68. The molecule has 0 spiro atoms. The summed E-state index contributed by atoms with van der Waals surface area (Å²) in [6, 6.07) is 4.82. The zero-order valence-electron chi connectivity index (χ0n) is 16.5. The van der Waals surface area contributed by atoms with E-state index in [1.807, 2.05) is 10.8 Å². The van der Waals surface area contributed by atoms with E-state index >= 15 is 0 Å². The van der Waals surface area contributed by atoms with E-state index in [0.717, 1.165) is 42.0 Å². The molecule has 1 aliphatic rings. The summed E-state index contributed by atoms with van der Waals surface area (Å²) in [6.07, 6.45) is 5.77. The second kappa shape index (κ2) is 8.12. The first-order valence-corrected chi connectivity index (χ1v) is 12.4. The lowest BCUT2D eigenvalue weighted by atomic mass is 10.1. The molecule has 0 atom stereocenters. The Bertz CT molecular complexity index is 1010. The number of aromatic nitrogens is 2. The first-order valence-electron chi connectivity index (χ1n) is 9.71. The van der Waals surface area contributed by atoms with Crippen molar-refractivity contribution in [2.75, 3.05) is 12.3 Å². The molecule has 1 saturated carbocycles. The van der Waals surface area contributed by atoms with E-state index in [9.17, 15) is 8.78 Å². The standard InChI is InChI=1S/C21H24F2N3O2Si/c1-29(2)8-7-27-12-26-11-15(13-3-4-13)19-18(5-6-25-21(19)26)28-20-16(22)9-14(24)10-17(20)23/h5-6,9-11,13H,3-4,7-8,12,24H2,1-2H3. The van der Waals surface area contributed by atoms with Crippen molar-refractivity contribution >= 4 is 25.5 Å². The fraction of sp³-hybridized carbons (Fsp3) is 0.381. The van der Waals surface area contributed by atoms with Crippen molar-refractivity contribution in [2.45, 2.75) is 44.6 Å². The van der Waals surface area contributed by atoms with Gasteiger partial charge in [-0.15, -0.1) is 0 Å². The number of rotatable bonds is 8. The molecule has 2 N–H and O–H groups in total. The van der Waals surface area contributed by atoms with Gasteiger partial charge in [-0.1, -0.05) is 13.1 Å². The minimum Gasteiger partial charge on any atom is -0.450 e. The summed E-state index contributed by atoms with van der Waals surface area (Å²) in [7, 11) is -0.330. The van der Waals surface area contributed by atoms with Crippen molar-refractivity contribution in [2.24, 2.45) is 0 Å². The second-order valence-corrected chi connectivity index (χ2v) is 10.7. The lowest BCUT2D eigenvalue weighted by Gasteiger charge is -2.11. The summed E-state index contributed by atoms with van der Waals surface area (Å²) in [5.74, 6) is -1.34. The summed E-state index contributed by atoms with van der Waals surface area (Å²) in [5, 5.41) is 0.782.